The molecule has 1 amide bonds. The maximum atomic E-state index is 12.6. The summed E-state index contributed by atoms with van der Waals surface area (Å²) in [6, 6.07) is 9.75. The standard InChI is InChI=1S/C22H29N3O2/c1-22(2,3)14-20(26)25-13-5-6-17(15-25)19-11-12-23-21(24-19)16-7-9-18(27-4)10-8-16/h7-12,17H,5-6,13-15H2,1-4H3/t17-/m0/s1. The zero-order chi connectivity index (χ0) is 19.4. The highest BCUT2D eigenvalue weighted by Crippen LogP contribution is 2.29. The van der Waals surface area contributed by atoms with Gasteiger partial charge >= 0.3 is 0 Å². The monoisotopic (exact) mass is 367 g/mol. The minimum Gasteiger partial charge on any atom is -0.497 e. The van der Waals surface area contributed by atoms with Gasteiger partial charge in [0.2, 0.25) is 5.91 Å². The molecule has 1 aromatic carbocycles. The first kappa shape index (κ1) is 19.3. The third-order valence-electron chi connectivity index (χ3n) is 4.90. The number of carbonyl (C=O) groups is 1. The van der Waals surface area contributed by atoms with Gasteiger partial charge in [-0.1, -0.05) is 20.8 Å². The number of benzene rings is 1. The van der Waals surface area contributed by atoms with E-state index in [4.69, 9.17) is 9.72 Å². The fourth-order valence-corrected chi connectivity index (χ4v) is 3.49. The molecule has 1 aliphatic rings. The van der Waals surface area contributed by atoms with E-state index in [1.165, 1.54) is 0 Å². The van der Waals surface area contributed by atoms with Crippen LogP contribution in [0.1, 0.15) is 51.6 Å². The van der Waals surface area contributed by atoms with Crippen LogP contribution in [0.4, 0.5) is 0 Å². The summed E-state index contributed by atoms with van der Waals surface area (Å²) < 4.78 is 5.21. The van der Waals surface area contributed by atoms with E-state index < -0.39 is 0 Å². The van der Waals surface area contributed by atoms with Gasteiger partial charge in [0, 0.05) is 42.9 Å². The maximum Gasteiger partial charge on any atom is 0.223 e. The van der Waals surface area contributed by atoms with Crippen LogP contribution in [0, 0.1) is 5.41 Å². The zero-order valence-electron chi connectivity index (χ0n) is 16.7. The highest BCUT2D eigenvalue weighted by molar-refractivity contribution is 5.77. The van der Waals surface area contributed by atoms with Crippen molar-refractivity contribution in [1.82, 2.24) is 14.9 Å². The Bertz CT molecular complexity index is 781. The van der Waals surface area contributed by atoms with Crippen LogP contribution in [-0.2, 0) is 4.79 Å². The van der Waals surface area contributed by atoms with Gasteiger partial charge in [-0.2, -0.15) is 0 Å². The van der Waals surface area contributed by atoms with E-state index in [1.807, 2.05) is 41.4 Å². The Morgan fingerprint density at radius 3 is 2.63 bits per heavy atom. The van der Waals surface area contributed by atoms with Crippen LogP contribution in [0.3, 0.4) is 0 Å². The van der Waals surface area contributed by atoms with Gasteiger partial charge in [0.15, 0.2) is 5.82 Å². The molecule has 2 aromatic rings. The summed E-state index contributed by atoms with van der Waals surface area (Å²) in [5.41, 5.74) is 2.00. The summed E-state index contributed by atoms with van der Waals surface area (Å²) >= 11 is 0. The van der Waals surface area contributed by atoms with Crippen molar-refractivity contribution >= 4 is 5.91 Å². The van der Waals surface area contributed by atoms with Crippen molar-refractivity contribution in [1.29, 1.82) is 0 Å². The second-order valence-corrected chi connectivity index (χ2v) is 8.45. The van der Waals surface area contributed by atoms with Crippen LogP contribution >= 0.6 is 0 Å². The number of likely N-dealkylation sites (tertiary alicyclic amines) is 1. The highest BCUT2D eigenvalue weighted by atomic mass is 16.5. The summed E-state index contributed by atoms with van der Waals surface area (Å²) in [7, 11) is 1.65. The zero-order valence-corrected chi connectivity index (χ0v) is 16.7. The predicted octanol–water partition coefficient (Wildman–Crippen LogP) is 4.29. The Morgan fingerprint density at radius 1 is 1.22 bits per heavy atom. The number of amides is 1. The molecule has 1 aliphatic heterocycles. The van der Waals surface area contributed by atoms with E-state index >= 15 is 0 Å². The number of methoxy groups -OCH3 is 1. The van der Waals surface area contributed by atoms with Crippen LogP contribution in [0.25, 0.3) is 11.4 Å². The lowest BCUT2D eigenvalue weighted by molar-refractivity contribution is -0.134. The molecule has 1 fully saturated rings. The maximum absolute atomic E-state index is 12.6. The second-order valence-electron chi connectivity index (χ2n) is 8.45. The van der Waals surface area contributed by atoms with Crippen molar-refractivity contribution in [2.24, 2.45) is 5.41 Å². The molecule has 0 saturated carbocycles. The summed E-state index contributed by atoms with van der Waals surface area (Å²) in [6.45, 7) is 7.92. The van der Waals surface area contributed by atoms with Crippen molar-refractivity contribution in [3.8, 4) is 17.1 Å². The molecule has 0 bridgehead atoms. The average Bonchev–Trinajstić information content (AvgIpc) is 2.67. The topological polar surface area (TPSA) is 55.3 Å². The van der Waals surface area contributed by atoms with Crippen molar-refractivity contribution in [2.45, 2.75) is 46.0 Å². The normalized spacial score (nSPS) is 17.6. The summed E-state index contributed by atoms with van der Waals surface area (Å²) in [4.78, 5) is 23.9. The Balaban J connectivity index is 1.75. The van der Waals surface area contributed by atoms with Gasteiger partial charge in [-0.25, -0.2) is 9.97 Å². The minimum atomic E-state index is 0.0144. The SMILES string of the molecule is COc1ccc(-c2nccc([C@H]3CCCN(C(=O)CC(C)(C)C)C3)n2)cc1. The molecule has 3 rings (SSSR count). The Kier molecular flexibility index (Phi) is 5.78. The first-order valence-corrected chi connectivity index (χ1v) is 9.61. The van der Waals surface area contributed by atoms with Gasteiger partial charge in [-0.15, -0.1) is 0 Å². The van der Waals surface area contributed by atoms with Gasteiger partial charge in [-0.3, -0.25) is 4.79 Å². The summed E-state index contributed by atoms with van der Waals surface area (Å²) in [5, 5.41) is 0. The van der Waals surface area contributed by atoms with E-state index in [9.17, 15) is 4.79 Å². The lowest BCUT2D eigenvalue weighted by atomic mass is 9.89. The molecule has 144 valence electrons. The number of nitrogens with zero attached hydrogens (tertiary/aromatic N) is 3. The molecular formula is C22H29N3O2. The molecule has 0 aliphatic carbocycles. The Labute approximate surface area is 161 Å². The molecule has 1 aromatic heterocycles. The largest absolute Gasteiger partial charge is 0.497 e. The molecule has 1 saturated heterocycles. The first-order chi connectivity index (χ1) is 12.9. The quantitative estimate of drug-likeness (QED) is 0.809. The number of rotatable bonds is 4. The van der Waals surface area contributed by atoms with Gasteiger partial charge < -0.3 is 9.64 Å². The fraction of sp³-hybridized carbons (Fsp3) is 0.500. The van der Waals surface area contributed by atoms with E-state index in [-0.39, 0.29) is 17.2 Å². The minimum absolute atomic E-state index is 0.0144. The molecule has 5 nitrogen and oxygen atoms in total. The molecule has 27 heavy (non-hydrogen) atoms. The number of hydrogen-bond donors (Lipinski definition) is 0. The Hall–Kier alpha value is -2.43. The van der Waals surface area contributed by atoms with E-state index in [1.54, 1.807) is 7.11 Å². The molecule has 2 heterocycles. The van der Waals surface area contributed by atoms with Crippen LogP contribution < -0.4 is 4.74 Å². The van der Waals surface area contributed by atoms with Crippen LogP contribution in [0.2, 0.25) is 0 Å². The third-order valence-corrected chi connectivity index (χ3v) is 4.90. The number of carbonyl (C=O) groups excluding carboxylic acids is 1. The molecule has 5 heteroatoms. The molecule has 1 atom stereocenters. The van der Waals surface area contributed by atoms with Crippen molar-refractivity contribution < 1.29 is 9.53 Å². The van der Waals surface area contributed by atoms with Crippen LogP contribution in [0.15, 0.2) is 36.5 Å². The number of hydrogen-bond acceptors (Lipinski definition) is 4. The third kappa shape index (κ3) is 5.06. The van der Waals surface area contributed by atoms with Gasteiger partial charge in [0.25, 0.3) is 0 Å². The molecule has 0 unspecified atom stereocenters. The molecule has 0 spiro atoms. The molecule has 0 N–H and O–H groups in total. The lowest BCUT2D eigenvalue weighted by Gasteiger charge is -2.34. The fourth-order valence-electron chi connectivity index (χ4n) is 3.49. The number of aromatic nitrogens is 2. The number of ether oxygens (including phenoxy) is 1. The van der Waals surface area contributed by atoms with Gasteiger partial charge in [-0.05, 0) is 48.6 Å². The smallest absolute Gasteiger partial charge is 0.223 e. The summed E-state index contributed by atoms with van der Waals surface area (Å²) in [6.07, 6.45) is 4.47. The average molecular weight is 367 g/mol. The van der Waals surface area contributed by atoms with E-state index in [0.29, 0.717) is 12.2 Å². The second kappa shape index (κ2) is 8.07. The van der Waals surface area contributed by atoms with Crippen molar-refractivity contribution in [3.05, 3.63) is 42.2 Å². The Morgan fingerprint density at radius 2 is 1.96 bits per heavy atom. The van der Waals surface area contributed by atoms with Crippen molar-refractivity contribution in [3.63, 3.8) is 0 Å². The van der Waals surface area contributed by atoms with E-state index in [0.717, 1.165) is 42.9 Å². The van der Waals surface area contributed by atoms with E-state index in [2.05, 4.69) is 25.8 Å². The first-order valence-electron chi connectivity index (χ1n) is 9.61. The molecule has 0 radical (unpaired) electrons. The number of piperidine rings is 1. The predicted molar refractivity (Wildman–Crippen MR) is 107 cm³/mol. The lowest BCUT2D eigenvalue weighted by Crippen LogP contribution is -2.40. The van der Waals surface area contributed by atoms with Crippen molar-refractivity contribution in [2.75, 3.05) is 20.2 Å². The highest BCUT2D eigenvalue weighted by Gasteiger charge is 2.28. The van der Waals surface area contributed by atoms with Gasteiger partial charge in [0.1, 0.15) is 5.75 Å². The molecular weight excluding hydrogens is 338 g/mol. The van der Waals surface area contributed by atoms with Gasteiger partial charge in [0.05, 0.1) is 7.11 Å². The van der Waals surface area contributed by atoms with Crippen LogP contribution in [0.5, 0.6) is 5.75 Å². The van der Waals surface area contributed by atoms with Crippen LogP contribution in [-0.4, -0.2) is 41.0 Å². The summed E-state index contributed by atoms with van der Waals surface area (Å²) in [5.74, 6) is 2.04.